The predicted octanol–water partition coefficient (Wildman–Crippen LogP) is 3.23. The number of aryl methyl sites for hydroxylation is 1. The third-order valence-electron chi connectivity index (χ3n) is 2.63. The maximum atomic E-state index is 13.1. The number of nitrogens with one attached hydrogen (secondary N) is 1. The number of carbonyl (C=O) groups is 1. The second-order valence-corrected chi connectivity index (χ2v) is 4.08. The molecule has 0 fully saturated rings. The Bertz CT molecular complexity index is 641. The molecule has 0 aliphatic carbocycles. The van der Waals surface area contributed by atoms with Crippen molar-refractivity contribution in [1.29, 1.82) is 0 Å². The summed E-state index contributed by atoms with van der Waals surface area (Å²) in [5.74, 6) is -2.19. The van der Waals surface area contributed by atoms with Gasteiger partial charge in [0.15, 0.2) is 11.6 Å². The first-order valence-corrected chi connectivity index (χ1v) is 5.53. The Morgan fingerprint density at radius 1 is 1.11 bits per heavy atom. The summed E-state index contributed by atoms with van der Waals surface area (Å²) in [7, 11) is 0. The van der Waals surface area contributed by atoms with Crippen molar-refractivity contribution in [3.8, 4) is 5.75 Å². The number of benzene rings is 2. The van der Waals surface area contributed by atoms with Gasteiger partial charge in [0, 0.05) is 17.3 Å². The van der Waals surface area contributed by atoms with Gasteiger partial charge >= 0.3 is 0 Å². The maximum absolute atomic E-state index is 13.1. The molecule has 2 aromatic carbocycles. The lowest BCUT2D eigenvalue weighted by atomic mass is 10.1. The first kappa shape index (κ1) is 13.0. The van der Waals surface area contributed by atoms with Crippen molar-refractivity contribution in [3.63, 3.8) is 0 Å². The van der Waals surface area contributed by atoms with Crippen LogP contribution in [0.15, 0.2) is 36.4 Å². The molecule has 2 rings (SSSR count). The standard InChI is InChI=1S/C14H11F2NO2/c1-8-6-9(2-4-11(8)15)14(19)17-10-3-5-13(18)12(16)7-10/h2-7,18H,1H3,(H,17,19). The number of aromatic hydroxyl groups is 1. The minimum atomic E-state index is -0.826. The third kappa shape index (κ3) is 2.88. The summed E-state index contributed by atoms with van der Waals surface area (Å²) in [4.78, 5) is 11.9. The maximum Gasteiger partial charge on any atom is 0.255 e. The van der Waals surface area contributed by atoms with Crippen molar-refractivity contribution < 1.29 is 18.7 Å². The number of hydrogen-bond acceptors (Lipinski definition) is 2. The van der Waals surface area contributed by atoms with E-state index >= 15 is 0 Å². The molecule has 0 unspecified atom stereocenters. The molecule has 0 aliphatic rings. The van der Waals surface area contributed by atoms with E-state index in [4.69, 9.17) is 5.11 Å². The Labute approximate surface area is 108 Å². The molecule has 0 bridgehead atoms. The highest BCUT2D eigenvalue weighted by Crippen LogP contribution is 2.20. The van der Waals surface area contributed by atoms with Crippen molar-refractivity contribution in [3.05, 3.63) is 59.2 Å². The summed E-state index contributed by atoms with van der Waals surface area (Å²) in [5, 5.41) is 11.5. The van der Waals surface area contributed by atoms with Crippen LogP contribution < -0.4 is 5.32 Å². The zero-order chi connectivity index (χ0) is 14.0. The quantitative estimate of drug-likeness (QED) is 0.817. The molecule has 3 nitrogen and oxygen atoms in total. The lowest BCUT2D eigenvalue weighted by Gasteiger charge is -2.07. The molecule has 98 valence electrons. The second kappa shape index (κ2) is 5.06. The van der Waals surface area contributed by atoms with Gasteiger partial charge in [-0.3, -0.25) is 4.79 Å². The van der Waals surface area contributed by atoms with E-state index in [0.717, 1.165) is 12.1 Å². The van der Waals surface area contributed by atoms with Crippen LogP contribution in [0.4, 0.5) is 14.5 Å². The van der Waals surface area contributed by atoms with E-state index in [2.05, 4.69) is 5.32 Å². The smallest absolute Gasteiger partial charge is 0.255 e. The molecule has 0 heterocycles. The van der Waals surface area contributed by atoms with E-state index in [0.29, 0.717) is 5.56 Å². The molecule has 0 radical (unpaired) electrons. The van der Waals surface area contributed by atoms with Gasteiger partial charge in [-0.15, -0.1) is 0 Å². The van der Waals surface area contributed by atoms with Crippen LogP contribution in [-0.2, 0) is 0 Å². The Balaban J connectivity index is 2.20. The summed E-state index contributed by atoms with van der Waals surface area (Å²) in [5.41, 5.74) is 0.833. The first-order valence-electron chi connectivity index (χ1n) is 5.53. The predicted molar refractivity (Wildman–Crippen MR) is 67.2 cm³/mol. The van der Waals surface area contributed by atoms with Gasteiger partial charge in [0.1, 0.15) is 5.82 Å². The van der Waals surface area contributed by atoms with Crippen molar-refractivity contribution in [2.75, 3.05) is 5.32 Å². The van der Waals surface area contributed by atoms with E-state index in [-0.39, 0.29) is 11.3 Å². The molecule has 1 amide bonds. The Kier molecular flexibility index (Phi) is 3.46. The van der Waals surface area contributed by atoms with Crippen molar-refractivity contribution in [2.24, 2.45) is 0 Å². The molecule has 0 spiro atoms. The topological polar surface area (TPSA) is 49.3 Å². The Morgan fingerprint density at radius 3 is 2.47 bits per heavy atom. The molecule has 0 atom stereocenters. The third-order valence-corrected chi connectivity index (χ3v) is 2.63. The van der Waals surface area contributed by atoms with E-state index in [1.54, 1.807) is 6.92 Å². The van der Waals surface area contributed by atoms with Gasteiger partial charge in [-0.2, -0.15) is 0 Å². The largest absolute Gasteiger partial charge is 0.505 e. The summed E-state index contributed by atoms with van der Waals surface area (Å²) in [6, 6.07) is 7.45. The summed E-state index contributed by atoms with van der Waals surface area (Å²) in [6.07, 6.45) is 0. The zero-order valence-corrected chi connectivity index (χ0v) is 10.1. The number of anilines is 1. The van der Waals surface area contributed by atoms with Crippen LogP contribution in [0.25, 0.3) is 0 Å². The lowest BCUT2D eigenvalue weighted by molar-refractivity contribution is 0.102. The number of phenolic OH excluding ortho intramolecular Hbond substituents is 1. The fourth-order valence-corrected chi connectivity index (χ4v) is 1.57. The first-order chi connectivity index (χ1) is 8.97. The number of rotatable bonds is 2. The molecule has 0 aliphatic heterocycles. The Hall–Kier alpha value is -2.43. The average molecular weight is 263 g/mol. The molecule has 0 saturated carbocycles. The molecule has 2 N–H and O–H groups in total. The normalized spacial score (nSPS) is 10.3. The molecule has 0 aromatic heterocycles. The van der Waals surface area contributed by atoms with Gasteiger partial charge in [0.2, 0.25) is 0 Å². The minimum absolute atomic E-state index is 0.210. The fourth-order valence-electron chi connectivity index (χ4n) is 1.57. The molecular weight excluding hydrogens is 252 g/mol. The van der Waals surface area contributed by atoms with E-state index < -0.39 is 23.3 Å². The highest BCUT2D eigenvalue weighted by atomic mass is 19.1. The monoisotopic (exact) mass is 263 g/mol. The zero-order valence-electron chi connectivity index (χ0n) is 10.1. The SMILES string of the molecule is Cc1cc(C(=O)Nc2ccc(O)c(F)c2)ccc1F. The van der Waals surface area contributed by atoms with Gasteiger partial charge in [0.25, 0.3) is 5.91 Å². The van der Waals surface area contributed by atoms with E-state index in [1.165, 1.54) is 24.3 Å². The van der Waals surface area contributed by atoms with Gasteiger partial charge in [-0.25, -0.2) is 8.78 Å². The number of amides is 1. The van der Waals surface area contributed by atoms with Crippen molar-refractivity contribution in [1.82, 2.24) is 0 Å². The van der Waals surface area contributed by atoms with E-state index in [9.17, 15) is 13.6 Å². The van der Waals surface area contributed by atoms with Crippen LogP contribution in [0.2, 0.25) is 0 Å². The molecule has 0 saturated heterocycles. The summed E-state index contributed by atoms with van der Waals surface area (Å²) >= 11 is 0. The van der Waals surface area contributed by atoms with Crippen LogP contribution in [0, 0.1) is 18.6 Å². The lowest BCUT2D eigenvalue weighted by Crippen LogP contribution is -2.12. The fraction of sp³-hybridized carbons (Fsp3) is 0.0714. The van der Waals surface area contributed by atoms with Crippen LogP contribution in [0.1, 0.15) is 15.9 Å². The van der Waals surface area contributed by atoms with Crippen molar-refractivity contribution in [2.45, 2.75) is 6.92 Å². The summed E-state index contributed by atoms with van der Waals surface area (Å²) < 4.78 is 26.2. The van der Waals surface area contributed by atoms with Gasteiger partial charge in [-0.1, -0.05) is 0 Å². The molecule has 5 heteroatoms. The van der Waals surface area contributed by atoms with Crippen LogP contribution >= 0.6 is 0 Å². The number of hydrogen-bond donors (Lipinski definition) is 2. The molecule has 19 heavy (non-hydrogen) atoms. The number of carbonyl (C=O) groups excluding carboxylic acids is 1. The highest BCUT2D eigenvalue weighted by Gasteiger charge is 2.09. The van der Waals surface area contributed by atoms with Crippen LogP contribution in [0.3, 0.4) is 0 Å². The minimum Gasteiger partial charge on any atom is -0.505 e. The number of phenols is 1. The number of halogens is 2. The van der Waals surface area contributed by atoms with Crippen LogP contribution in [-0.4, -0.2) is 11.0 Å². The van der Waals surface area contributed by atoms with Crippen molar-refractivity contribution >= 4 is 11.6 Å². The Morgan fingerprint density at radius 2 is 1.84 bits per heavy atom. The molecular formula is C14H11F2NO2. The highest BCUT2D eigenvalue weighted by molar-refractivity contribution is 6.04. The van der Waals surface area contributed by atoms with Crippen LogP contribution in [0.5, 0.6) is 5.75 Å². The second-order valence-electron chi connectivity index (χ2n) is 4.08. The van der Waals surface area contributed by atoms with Gasteiger partial charge in [0.05, 0.1) is 0 Å². The average Bonchev–Trinajstić information content (AvgIpc) is 2.37. The summed E-state index contributed by atoms with van der Waals surface area (Å²) in [6.45, 7) is 1.55. The van der Waals surface area contributed by atoms with E-state index in [1.807, 2.05) is 0 Å². The van der Waals surface area contributed by atoms with Gasteiger partial charge in [-0.05, 0) is 42.8 Å². The molecule has 2 aromatic rings. The van der Waals surface area contributed by atoms with Gasteiger partial charge < -0.3 is 10.4 Å².